The van der Waals surface area contributed by atoms with Crippen molar-refractivity contribution in [1.29, 1.82) is 0 Å². The van der Waals surface area contributed by atoms with Crippen LogP contribution in [0.2, 0.25) is 0 Å². The predicted molar refractivity (Wildman–Crippen MR) is 75.3 cm³/mol. The molecule has 0 spiro atoms. The molecule has 23 heavy (non-hydrogen) atoms. The van der Waals surface area contributed by atoms with E-state index in [1.54, 1.807) is 24.3 Å². The van der Waals surface area contributed by atoms with Gasteiger partial charge < -0.3 is 5.11 Å². The van der Waals surface area contributed by atoms with Crippen LogP contribution in [0.15, 0.2) is 29.4 Å². The number of hydrogen-bond acceptors (Lipinski definition) is 5. The zero-order chi connectivity index (χ0) is 16.3. The predicted octanol–water partition coefficient (Wildman–Crippen LogP) is -2.75. The molecule has 0 saturated carbocycles. The van der Waals surface area contributed by atoms with Gasteiger partial charge in [-0.1, -0.05) is 12.1 Å². The van der Waals surface area contributed by atoms with E-state index in [1.807, 2.05) is 0 Å². The minimum atomic E-state index is -1.27. The van der Waals surface area contributed by atoms with Crippen molar-refractivity contribution >= 4 is 29.4 Å². The average Bonchev–Trinajstić information content (AvgIpc) is 2.70. The molecule has 0 aromatic heterocycles. The molecule has 0 radical (unpaired) electrons. The van der Waals surface area contributed by atoms with Crippen LogP contribution in [-0.4, -0.2) is 46.0 Å². The van der Waals surface area contributed by atoms with Crippen molar-refractivity contribution in [2.45, 2.75) is 13.3 Å². The fourth-order valence-electron chi connectivity index (χ4n) is 1.98. The molecule has 0 atom stereocenters. The quantitative estimate of drug-likeness (QED) is 0.198. The van der Waals surface area contributed by atoms with E-state index in [4.69, 9.17) is 5.11 Å². The molecule has 1 aromatic carbocycles. The Balaban J connectivity index is 0.00000264. The maximum absolute atomic E-state index is 12.1. The topological polar surface area (TPSA) is 116 Å². The van der Waals surface area contributed by atoms with Crippen molar-refractivity contribution in [1.82, 2.24) is 10.3 Å². The molecule has 0 bridgehead atoms. The summed E-state index contributed by atoms with van der Waals surface area (Å²) < 4.78 is 0. The zero-order valence-corrected chi connectivity index (χ0v) is 15.8. The van der Waals surface area contributed by atoms with Crippen LogP contribution in [0, 0.1) is 0 Å². The van der Waals surface area contributed by atoms with E-state index in [1.165, 1.54) is 6.92 Å². The zero-order valence-electron chi connectivity index (χ0n) is 12.7. The maximum Gasteiger partial charge on any atom is 1.00 e. The summed E-state index contributed by atoms with van der Waals surface area (Å²) in [4.78, 5) is 46.7. The van der Waals surface area contributed by atoms with Crippen LogP contribution in [0.25, 0.3) is 0 Å². The molecule has 1 aliphatic rings. The van der Waals surface area contributed by atoms with E-state index in [0.717, 1.165) is 4.90 Å². The third kappa shape index (κ3) is 4.79. The Bertz CT molecular complexity index is 666. The number of benzene rings is 1. The van der Waals surface area contributed by atoms with Crippen LogP contribution in [0.5, 0.6) is 0 Å². The number of carbonyl (C=O) groups excluding carboxylic acids is 3. The first-order valence-corrected chi connectivity index (χ1v) is 6.39. The Morgan fingerprint density at radius 1 is 1.17 bits per heavy atom. The molecule has 9 heteroatoms. The summed E-state index contributed by atoms with van der Waals surface area (Å²) in [6.07, 6.45) is -0.705. The number of fused-ring (bicyclic) bond motifs is 1. The monoisotopic (exact) mass is 342 g/mol. The number of nitrogens with zero attached hydrogens (tertiary/aromatic N) is 2. The van der Waals surface area contributed by atoms with Crippen molar-refractivity contribution in [3.05, 3.63) is 35.4 Å². The van der Waals surface area contributed by atoms with E-state index in [0.29, 0.717) is 16.8 Å². The van der Waals surface area contributed by atoms with Crippen LogP contribution in [0.1, 0.15) is 34.1 Å². The fourth-order valence-corrected chi connectivity index (χ4v) is 1.98. The molecule has 1 aliphatic heterocycles. The number of aliphatic carboxylic acids is 1. The molecule has 0 fully saturated rings. The van der Waals surface area contributed by atoms with Gasteiger partial charge in [0.2, 0.25) is 0 Å². The van der Waals surface area contributed by atoms with Crippen LogP contribution in [0.4, 0.5) is 0 Å². The number of carboxylic acids is 1. The number of hydrazone groups is 1. The molecule has 0 unspecified atom stereocenters. The first kappa shape index (κ1) is 19.7. The third-order valence-electron chi connectivity index (χ3n) is 2.95. The van der Waals surface area contributed by atoms with Gasteiger partial charge in [0.05, 0.1) is 23.4 Å². The summed E-state index contributed by atoms with van der Waals surface area (Å²) in [6.45, 7) is 1.43. The third-order valence-corrected chi connectivity index (χ3v) is 2.95. The SMILES string of the molecule is C/C(CN1C(=O)c2ccccc2C1=O)=N\NC(=O)CC(=O)O.[K+]. The van der Waals surface area contributed by atoms with E-state index in [9.17, 15) is 19.2 Å². The van der Waals surface area contributed by atoms with E-state index >= 15 is 0 Å². The van der Waals surface area contributed by atoms with Crippen molar-refractivity contribution in [3.8, 4) is 0 Å². The molecule has 2 rings (SSSR count). The van der Waals surface area contributed by atoms with Gasteiger partial charge in [-0.15, -0.1) is 0 Å². The molecule has 0 aliphatic carbocycles. The molecule has 114 valence electrons. The number of carboxylic acid groups (broad SMARTS) is 1. The van der Waals surface area contributed by atoms with Gasteiger partial charge >= 0.3 is 57.4 Å². The van der Waals surface area contributed by atoms with Gasteiger partial charge in [-0.2, -0.15) is 5.10 Å². The minimum absolute atomic E-state index is 0. The Kier molecular flexibility index (Phi) is 7.23. The van der Waals surface area contributed by atoms with Crippen LogP contribution < -0.4 is 56.8 Å². The Hall–Kier alpha value is -1.39. The van der Waals surface area contributed by atoms with E-state index in [2.05, 4.69) is 10.5 Å². The van der Waals surface area contributed by atoms with Crippen LogP contribution in [0.3, 0.4) is 0 Å². The molecule has 0 saturated heterocycles. The van der Waals surface area contributed by atoms with Gasteiger partial charge in [-0.05, 0) is 19.1 Å². The number of nitrogens with one attached hydrogen (secondary N) is 1. The van der Waals surface area contributed by atoms with Crippen molar-refractivity contribution in [3.63, 3.8) is 0 Å². The van der Waals surface area contributed by atoms with Gasteiger partial charge in [0.25, 0.3) is 17.7 Å². The number of imide groups is 1. The number of rotatable bonds is 5. The van der Waals surface area contributed by atoms with Gasteiger partial charge in [0.15, 0.2) is 0 Å². The molecule has 2 N–H and O–H groups in total. The molecule has 8 nitrogen and oxygen atoms in total. The fraction of sp³-hybridized carbons (Fsp3) is 0.214. The number of amides is 3. The molecular weight excluding hydrogens is 329 g/mol. The van der Waals surface area contributed by atoms with E-state index < -0.39 is 30.1 Å². The first-order chi connectivity index (χ1) is 10.4. The maximum atomic E-state index is 12.1. The summed E-state index contributed by atoms with van der Waals surface area (Å²) in [5.74, 6) is -2.90. The van der Waals surface area contributed by atoms with Crippen molar-refractivity contribution in [2.24, 2.45) is 5.10 Å². The van der Waals surface area contributed by atoms with Crippen LogP contribution in [-0.2, 0) is 9.59 Å². The smallest absolute Gasteiger partial charge is 0.481 e. The average molecular weight is 342 g/mol. The molecule has 1 heterocycles. The van der Waals surface area contributed by atoms with Gasteiger partial charge in [-0.25, -0.2) is 5.43 Å². The largest absolute Gasteiger partial charge is 1.00 e. The van der Waals surface area contributed by atoms with Crippen molar-refractivity contribution in [2.75, 3.05) is 6.54 Å². The van der Waals surface area contributed by atoms with Crippen molar-refractivity contribution < 1.29 is 75.7 Å². The van der Waals surface area contributed by atoms with Gasteiger partial charge in [0, 0.05) is 0 Å². The summed E-state index contributed by atoms with van der Waals surface area (Å²) in [6, 6.07) is 6.47. The number of carbonyl (C=O) groups is 4. The molecule has 3 amide bonds. The Labute approximate surface area is 174 Å². The summed E-state index contributed by atoms with van der Waals surface area (Å²) in [5, 5.41) is 12.1. The minimum Gasteiger partial charge on any atom is -0.481 e. The number of hydrogen-bond donors (Lipinski definition) is 2. The molecule has 1 aromatic rings. The normalized spacial score (nSPS) is 13.4. The second kappa shape index (κ2) is 8.46. The second-order valence-electron chi connectivity index (χ2n) is 4.69. The molecular formula is C14H13KN3O5+. The first-order valence-electron chi connectivity index (χ1n) is 6.39. The summed E-state index contributed by atoms with van der Waals surface area (Å²) >= 11 is 0. The summed E-state index contributed by atoms with van der Waals surface area (Å²) in [7, 11) is 0. The van der Waals surface area contributed by atoms with Gasteiger partial charge in [0.1, 0.15) is 6.42 Å². The van der Waals surface area contributed by atoms with E-state index in [-0.39, 0.29) is 57.9 Å². The summed E-state index contributed by atoms with van der Waals surface area (Å²) in [5.41, 5.74) is 3.01. The standard InChI is InChI=1S/C14H13N3O5.K/c1-8(15-16-11(18)6-12(19)20)7-17-13(21)9-4-2-3-5-10(9)14(17)22;/h2-5H,6-7H2,1H3,(H,16,18)(H,19,20);/q;+1/b15-8+;. The Morgan fingerprint density at radius 3 is 2.17 bits per heavy atom. The van der Waals surface area contributed by atoms with Gasteiger partial charge in [-0.3, -0.25) is 24.1 Å². The Morgan fingerprint density at radius 2 is 1.70 bits per heavy atom. The van der Waals surface area contributed by atoms with Crippen LogP contribution >= 0.6 is 0 Å². The second-order valence-corrected chi connectivity index (χ2v) is 4.69.